The molecule has 0 unspecified atom stereocenters. The van der Waals surface area contributed by atoms with E-state index >= 15 is 0 Å². The number of carbonyl (C=O) groups is 1. The van der Waals surface area contributed by atoms with Gasteiger partial charge in [-0.15, -0.1) is 0 Å². The number of benzene rings is 1. The number of amides is 1. The van der Waals surface area contributed by atoms with Crippen LogP contribution in [-0.4, -0.2) is 18.7 Å². The molecule has 5 atom stereocenters. The zero-order valence-electron chi connectivity index (χ0n) is 14.8. The van der Waals surface area contributed by atoms with Crippen LogP contribution in [0.25, 0.3) is 0 Å². The second kappa shape index (κ2) is 5.46. The van der Waals surface area contributed by atoms with Crippen LogP contribution in [0, 0.1) is 56.7 Å². The maximum atomic E-state index is 12.8. The summed E-state index contributed by atoms with van der Waals surface area (Å²) in [6.45, 7) is 3.47. The average Bonchev–Trinajstić information content (AvgIpc) is 2.83. The molecule has 3 rings (SSSR count). The van der Waals surface area contributed by atoms with Crippen LogP contribution in [-0.2, 0) is 4.79 Å². The molecule has 7 heteroatoms. The summed E-state index contributed by atoms with van der Waals surface area (Å²) in [5.74, 6) is -1.89. The highest BCUT2D eigenvalue weighted by molar-refractivity contribution is 5.93. The van der Waals surface area contributed by atoms with Crippen LogP contribution in [0.3, 0.4) is 0 Å². The third-order valence-corrected chi connectivity index (χ3v) is 6.40. The largest absolute Gasteiger partial charge is 0.497 e. The monoisotopic (exact) mass is 349 g/mol. The number of nitriles is 3. The van der Waals surface area contributed by atoms with E-state index in [2.05, 4.69) is 5.32 Å². The fourth-order valence-corrected chi connectivity index (χ4v) is 4.81. The molecular weight excluding hydrogens is 330 g/mol. The number of fused-ring (bicyclic) bond motifs is 2. The SMILES string of the molecule is COc1ccc([C@@H]2[C@@H](C)[C@@]3(N)NC(=O)[C@@](C#N)([C@@H]3C)C2(C#N)C#N)cc1. The number of carbonyl (C=O) groups excluding carboxylic acids is 1. The minimum Gasteiger partial charge on any atom is -0.497 e. The highest BCUT2D eigenvalue weighted by Crippen LogP contribution is 2.66. The van der Waals surface area contributed by atoms with Gasteiger partial charge in [0.25, 0.3) is 0 Å². The summed E-state index contributed by atoms with van der Waals surface area (Å²) in [4.78, 5) is 12.8. The van der Waals surface area contributed by atoms with Crippen molar-refractivity contribution in [3.63, 3.8) is 0 Å². The van der Waals surface area contributed by atoms with Gasteiger partial charge in [-0.25, -0.2) is 0 Å². The summed E-state index contributed by atoms with van der Waals surface area (Å²) in [6, 6.07) is 13.0. The van der Waals surface area contributed by atoms with Crippen molar-refractivity contribution in [2.45, 2.75) is 25.4 Å². The van der Waals surface area contributed by atoms with Gasteiger partial charge in [0.15, 0.2) is 10.8 Å². The minimum absolute atomic E-state index is 0.446. The van der Waals surface area contributed by atoms with Crippen molar-refractivity contribution in [3.05, 3.63) is 29.8 Å². The van der Waals surface area contributed by atoms with Gasteiger partial charge in [0, 0.05) is 17.8 Å². The smallest absolute Gasteiger partial charge is 0.245 e. The molecule has 0 aromatic heterocycles. The number of ether oxygens (including phenoxy) is 1. The first-order valence-corrected chi connectivity index (χ1v) is 8.28. The second-order valence-corrected chi connectivity index (χ2v) is 7.10. The Morgan fingerprint density at radius 1 is 1.12 bits per heavy atom. The van der Waals surface area contributed by atoms with Crippen molar-refractivity contribution < 1.29 is 9.53 Å². The van der Waals surface area contributed by atoms with E-state index in [1.807, 2.05) is 25.1 Å². The van der Waals surface area contributed by atoms with Crippen molar-refractivity contribution in [2.75, 3.05) is 7.11 Å². The predicted molar refractivity (Wildman–Crippen MR) is 90.8 cm³/mol. The lowest BCUT2D eigenvalue weighted by atomic mass is 9.45. The molecule has 1 aliphatic heterocycles. The van der Waals surface area contributed by atoms with Gasteiger partial charge in [0.2, 0.25) is 5.91 Å². The molecule has 0 radical (unpaired) electrons. The Balaban J connectivity index is 2.33. The topological polar surface area (TPSA) is 136 Å². The molecule has 3 N–H and O–H groups in total. The average molecular weight is 349 g/mol. The third-order valence-electron chi connectivity index (χ3n) is 6.40. The molecule has 2 aliphatic rings. The molecule has 1 aromatic rings. The normalized spacial score (nSPS) is 37.0. The van der Waals surface area contributed by atoms with Crippen molar-refractivity contribution in [1.82, 2.24) is 5.32 Å². The molecule has 1 aromatic carbocycles. The van der Waals surface area contributed by atoms with Gasteiger partial charge in [-0.1, -0.05) is 26.0 Å². The Hall–Kier alpha value is -3.08. The maximum Gasteiger partial charge on any atom is 0.245 e. The summed E-state index contributed by atoms with van der Waals surface area (Å²) in [7, 11) is 1.54. The molecule has 7 nitrogen and oxygen atoms in total. The highest BCUT2D eigenvalue weighted by atomic mass is 16.5. The number of methoxy groups -OCH3 is 1. The second-order valence-electron chi connectivity index (χ2n) is 7.10. The van der Waals surface area contributed by atoms with Crippen molar-refractivity contribution in [1.29, 1.82) is 15.8 Å². The Kier molecular flexibility index (Phi) is 3.72. The molecule has 1 saturated carbocycles. The maximum absolute atomic E-state index is 12.8. The number of nitrogens with one attached hydrogen (secondary N) is 1. The van der Waals surface area contributed by atoms with E-state index < -0.39 is 40.2 Å². The molecule has 2 fully saturated rings. The van der Waals surface area contributed by atoms with Crippen LogP contribution >= 0.6 is 0 Å². The number of rotatable bonds is 2. The molecule has 1 heterocycles. The standard InChI is InChI=1S/C19H19N5O2/c1-11-15(13-4-6-14(26-3)7-5-13)17(8-20,9-21)18(10-22)12(2)19(11,23)24-16(18)25/h4-7,11-12,15H,23H2,1-3H3,(H,24,25)/t11-,12+,15+,18-,19-/m1/s1. The Morgan fingerprint density at radius 3 is 2.15 bits per heavy atom. The van der Waals surface area contributed by atoms with Gasteiger partial charge < -0.3 is 15.8 Å². The lowest BCUT2D eigenvalue weighted by molar-refractivity contribution is -0.129. The van der Waals surface area contributed by atoms with Crippen LogP contribution in [0.5, 0.6) is 5.75 Å². The molecule has 1 aliphatic carbocycles. The van der Waals surface area contributed by atoms with Crippen LogP contribution in [0.4, 0.5) is 0 Å². The summed E-state index contributed by atoms with van der Waals surface area (Å²) in [6.07, 6.45) is 0. The fraction of sp³-hybridized carbons (Fsp3) is 0.474. The van der Waals surface area contributed by atoms with Crippen LogP contribution in [0.2, 0.25) is 0 Å². The first kappa shape index (κ1) is 17.7. The Morgan fingerprint density at radius 2 is 1.69 bits per heavy atom. The van der Waals surface area contributed by atoms with E-state index in [1.165, 1.54) is 7.11 Å². The van der Waals surface area contributed by atoms with Gasteiger partial charge in [0.05, 0.1) is 31.0 Å². The summed E-state index contributed by atoms with van der Waals surface area (Å²) in [5.41, 5.74) is 2.30. The van der Waals surface area contributed by atoms with E-state index in [0.717, 1.165) is 0 Å². The minimum atomic E-state index is -1.86. The van der Waals surface area contributed by atoms with Gasteiger partial charge in [-0.2, -0.15) is 15.8 Å². The molecule has 1 saturated heterocycles. The molecule has 2 bridgehead atoms. The first-order chi connectivity index (χ1) is 12.3. The number of hydrogen-bond acceptors (Lipinski definition) is 6. The number of nitrogens with two attached hydrogens (primary N) is 1. The van der Waals surface area contributed by atoms with Gasteiger partial charge in [-0.05, 0) is 17.7 Å². The van der Waals surface area contributed by atoms with Gasteiger partial charge in [0.1, 0.15) is 5.75 Å². The molecular formula is C19H19N5O2. The van der Waals surface area contributed by atoms with E-state index in [9.17, 15) is 20.6 Å². The van der Waals surface area contributed by atoms with Crippen LogP contribution < -0.4 is 15.8 Å². The third kappa shape index (κ3) is 1.70. The summed E-state index contributed by atoms with van der Waals surface area (Å²) < 4.78 is 5.16. The van der Waals surface area contributed by atoms with E-state index in [0.29, 0.717) is 11.3 Å². The summed E-state index contributed by atoms with van der Waals surface area (Å²) in [5, 5.41) is 32.8. The molecule has 0 spiro atoms. The fourth-order valence-electron chi connectivity index (χ4n) is 4.81. The van der Waals surface area contributed by atoms with Crippen molar-refractivity contribution in [3.8, 4) is 24.0 Å². The van der Waals surface area contributed by atoms with Crippen LogP contribution in [0.1, 0.15) is 25.3 Å². The Bertz CT molecular complexity index is 876. The predicted octanol–water partition coefficient (Wildman–Crippen LogP) is 1.39. The zero-order valence-corrected chi connectivity index (χ0v) is 14.8. The summed E-state index contributed by atoms with van der Waals surface area (Å²) >= 11 is 0. The van der Waals surface area contributed by atoms with E-state index in [1.54, 1.807) is 31.2 Å². The van der Waals surface area contributed by atoms with Gasteiger partial charge in [-0.3, -0.25) is 4.79 Å². The first-order valence-electron chi connectivity index (χ1n) is 8.28. The van der Waals surface area contributed by atoms with Gasteiger partial charge >= 0.3 is 0 Å². The number of hydrogen-bond donors (Lipinski definition) is 2. The van der Waals surface area contributed by atoms with E-state index in [-0.39, 0.29) is 0 Å². The van der Waals surface area contributed by atoms with Crippen LogP contribution in [0.15, 0.2) is 24.3 Å². The van der Waals surface area contributed by atoms with Crippen molar-refractivity contribution in [2.24, 2.45) is 28.4 Å². The van der Waals surface area contributed by atoms with E-state index in [4.69, 9.17) is 10.5 Å². The Labute approximate surface area is 152 Å². The highest BCUT2D eigenvalue weighted by Gasteiger charge is 2.79. The lowest BCUT2D eigenvalue weighted by Gasteiger charge is -2.52. The zero-order chi connectivity index (χ0) is 19.3. The quantitative estimate of drug-likeness (QED) is 0.828. The molecule has 26 heavy (non-hydrogen) atoms. The number of nitrogens with zero attached hydrogens (tertiary/aromatic N) is 3. The molecule has 1 amide bonds. The molecule has 132 valence electrons. The lowest BCUT2D eigenvalue weighted by Crippen LogP contribution is -2.66. The van der Waals surface area contributed by atoms with Crippen molar-refractivity contribution >= 4 is 5.91 Å².